The third kappa shape index (κ3) is 2.43. The molecule has 0 aliphatic heterocycles. The molecule has 2 heterocycles. The minimum Gasteiger partial charge on any atom is -0.397 e. The van der Waals surface area contributed by atoms with Crippen LogP contribution in [0.25, 0.3) is 0 Å². The zero-order valence-electron chi connectivity index (χ0n) is 9.70. The van der Waals surface area contributed by atoms with Crippen molar-refractivity contribution < 1.29 is 4.79 Å². The highest BCUT2D eigenvalue weighted by Gasteiger charge is 2.13. The molecule has 2 rings (SSSR count). The lowest BCUT2D eigenvalue weighted by molar-refractivity contribution is 0.102. The van der Waals surface area contributed by atoms with Gasteiger partial charge < -0.3 is 11.1 Å². The van der Waals surface area contributed by atoms with Gasteiger partial charge in [-0.25, -0.2) is 4.98 Å². The zero-order valence-corrected chi connectivity index (χ0v) is 10.5. The van der Waals surface area contributed by atoms with Crippen LogP contribution >= 0.6 is 11.6 Å². The van der Waals surface area contributed by atoms with Crippen molar-refractivity contribution in [3.63, 3.8) is 0 Å². The Kier molecular flexibility index (Phi) is 3.47. The van der Waals surface area contributed by atoms with Crippen molar-refractivity contribution in [2.45, 2.75) is 13.3 Å². The third-order valence-electron chi connectivity index (χ3n) is 2.48. The maximum absolute atomic E-state index is 12.0. The molecule has 0 fully saturated rings. The zero-order chi connectivity index (χ0) is 13.1. The van der Waals surface area contributed by atoms with Crippen molar-refractivity contribution >= 4 is 29.0 Å². The second-order valence-electron chi connectivity index (χ2n) is 3.67. The predicted octanol–water partition coefficient (Wildman–Crippen LogP) is 1.85. The van der Waals surface area contributed by atoms with Crippen molar-refractivity contribution in [1.29, 1.82) is 0 Å². The first-order valence-electron chi connectivity index (χ1n) is 5.36. The average Bonchev–Trinajstić information content (AvgIpc) is 2.79. The van der Waals surface area contributed by atoms with Gasteiger partial charge in [0.1, 0.15) is 11.0 Å². The fourth-order valence-electron chi connectivity index (χ4n) is 1.51. The number of hydrogen-bond acceptors (Lipinski definition) is 4. The minimum atomic E-state index is -0.351. The van der Waals surface area contributed by atoms with Gasteiger partial charge in [-0.3, -0.25) is 9.89 Å². The molecule has 0 aliphatic rings. The van der Waals surface area contributed by atoms with E-state index in [2.05, 4.69) is 20.5 Å². The average molecular weight is 266 g/mol. The molecule has 7 heteroatoms. The van der Waals surface area contributed by atoms with Gasteiger partial charge in [-0.2, -0.15) is 5.10 Å². The molecular weight excluding hydrogens is 254 g/mol. The number of halogens is 1. The number of anilines is 2. The van der Waals surface area contributed by atoms with E-state index in [1.807, 2.05) is 6.92 Å². The van der Waals surface area contributed by atoms with Crippen LogP contribution in [0.3, 0.4) is 0 Å². The van der Waals surface area contributed by atoms with Gasteiger partial charge in [0.05, 0.1) is 23.6 Å². The fraction of sp³-hybridized carbons (Fsp3) is 0.182. The Morgan fingerprint density at radius 2 is 2.33 bits per heavy atom. The standard InChI is InChI=1S/C11H12ClN5O/c1-2-6-4-15-17-10(6)16-11(18)7-3-9(12)14-5-8(7)13/h3-5H,2,13H2,1H3,(H2,15,16,17,18). The lowest BCUT2D eigenvalue weighted by atomic mass is 10.2. The molecule has 0 unspecified atom stereocenters. The van der Waals surface area contributed by atoms with Gasteiger partial charge in [-0.05, 0) is 12.5 Å². The summed E-state index contributed by atoms with van der Waals surface area (Å²) in [7, 11) is 0. The van der Waals surface area contributed by atoms with Crippen LogP contribution in [0, 0.1) is 0 Å². The number of H-pyrrole nitrogens is 1. The van der Waals surface area contributed by atoms with E-state index in [4.69, 9.17) is 17.3 Å². The van der Waals surface area contributed by atoms with E-state index in [1.165, 1.54) is 12.3 Å². The van der Waals surface area contributed by atoms with E-state index < -0.39 is 0 Å². The summed E-state index contributed by atoms with van der Waals surface area (Å²) in [5, 5.41) is 9.51. The molecule has 0 bridgehead atoms. The molecule has 6 nitrogen and oxygen atoms in total. The Hall–Kier alpha value is -2.08. The summed E-state index contributed by atoms with van der Waals surface area (Å²) in [6.45, 7) is 1.97. The van der Waals surface area contributed by atoms with Crippen molar-refractivity contribution in [1.82, 2.24) is 15.2 Å². The van der Waals surface area contributed by atoms with E-state index >= 15 is 0 Å². The normalized spacial score (nSPS) is 10.3. The van der Waals surface area contributed by atoms with Crippen LogP contribution < -0.4 is 11.1 Å². The van der Waals surface area contributed by atoms with Gasteiger partial charge in [-0.1, -0.05) is 18.5 Å². The first kappa shape index (κ1) is 12.4. The topological polar surface area (TPSA) is 96.7 Å². The number of carbonyl (C=O) groups excluding carboxylic acids is 1. The van der Waals surface area contributed by atoms with Gasteiger partial charge in [-0.15, -0.1) is 0 Å². The first-order chi connectivity index (χ1) is 8.61. The number of nitrogens with two attached hydrogens (primary N) is 1. The number of nitrogens with zero attached hydrogens (tertiary/aromatic N) is 2. The lowest BCUT2D eigenvalue weighted by Gasteiger charge is -2.07. The number of nitrogens with one attached hydrogen (secondary N) is 2. The molecule has 1 amide bonds. The minimum absolute atomic E-state index is 0.217. The van der Waals surface area contributed by atoms with Crippen molar-refractivity contribution in [2.24, 2.45) is 0 Å². The van der Waals surface area contributed by atoms with Crippen molar-refractivity contribution in [3.05, 3.63) is 34.7 Å². The number of amides is 1. The SMILES string of the molecule is CCc1cn[nH]c1NC(=O)c1cc(Cl)ncc1N. The maximum atomic E-state index is 12.0. The second-order valence-corrected chi connectivity index (χ2v) is 4.06. The molecule has 0 radical (unpaired) electrons. The van der Waals surface area contributed by atoms with Crippen LogP contribution in [0.15, 0.2) is 18.5 Å². The Balaban J connectivity index is 2.25. The molecular formula is C11H12ClN5O. The summed E-state index contributed by atoms with van der Waals surface area (Å²) in [4.78, 5) is 15.8. The lowest BCUT2D eigenvalue weighted by Crippen LogP contribution is -2.15. The molecule has 2 aromatic heterocycles. The second kappa shape index (κ2) is 5.05. The Morgan fingerprint density at radius 1 is 1.56 bits per heavy atom. The number of pyridine rings is 1. The van der Waals surface area contributed by atoms with Crippen LogP contribution in [0.5, 0.6) is 0 Å². The smallest absolute Gasteiger partial charge is 0.259 e. The number of nitrogen functional groups attached to an aromatic ring is 1. The van der Waals surface area contributed by atoms with Crippen LogP contribution in [0.2, 0.25) is 5.15 Å². The summed E-state index contributed by atoms with van der Waals surface area (Å²) in [6.07, 6.45) is 3.78. The molecule has 0 saturated carbocycles. The summed E-state index contributed by atoms with van der Waals surface area (Å²) in [6, 6.07) is 1.42. The molecule has 0 aromatic carbocycles. The highest BCUT2D eigenvalue weighted by molar-refractivity contribution is 6.30. The summed E-state index contributed by atoms with van der Waals surface area (Å²) in [5.74, 6) is 0.214. The van der Waals surface area contributed by atoms with Crippen molar-refractivity contribution in [2.75, 3.05) is 11.1 Å². The Labute approximate surface area is 109 Å². The van der Waals surface area contributed by atoms with Gasteiger partial charge >= 0.3 is 0 Å². The Morgan fingerprint density at radius 3 is 3.06 bits per heavy atom. The summed E-state index contributed by atoms with van der Waals surface area (Å²) in [5.41, 5.74) is 7.16. The molecule has 18 heavy (non-hydrogen) atoms. The number of aromatic amines is 1. The quantitative estimate of drug-likeness (QED) is 0.738. The van der Waals surface area contributed by atoms with E-state index in [0.717, 1.165) is 12.0 Å². The van der Waals surface area contributed by atoms with Crippen LogP contribution in [-0.4, -0.2) is 21.1 Å². The fourth-order valence-corrected chi connectivity index (χ4v) is 1.66. The maximum Gasteiger partial charge on any atom is 0.259 e. The number of rotatable bonds is 3. The van der Waals surface area contributed by atoms with E-state index in [0.29, 0.717) is 5.82 Å². The monoisotopic (exact) mass is 265 g/mol. The highest BCUT2D eigenvalue weighted by atomic mass is 35.5. The number of hydrogen-bond donors (Lipinski definition) is 3. The van der Waals surface area contributed by atoms with Gasteiger partial charge in [0, 0.05) is 5.56 Å². The molecule has 4 N–H and O–H groups in total. The van der Waals surface area contributed by atoms with E-state index in [1.54, 1.807) is 6.20 Å². The van der Waals surface area contributed by atoms with Gasteiger partial charge in [0.15, 0.2) is 0 Å². The number of carbonyl (C=O) groups is 1. The molecule has 0 atom stereocenters. The predicted molar refractivity (Wildman–Crippen MR) is 69.6 cm³/mol. The van der Waals surface area contributed by atoms with Crippen LogP contribution in [-0.2, 0) is 6.42 Å². The van der Waals surface area contributed by atoms with Crippen LogP contribution in [0.4, 0.5) is 11.5 Å². The first-order valence-corrected chi connectivity index (χ1v) is 5.74. The molecule has 0 spiro atoms. The van der Waals surface area contributed by atoms with Gasteiger partial charge in [0.2, 0.25) is 0 Å². The molecule has 94 valence electrons. The molecule has 2 aromatic rings. The van der Waals surface area contributed by atoms with E-state index in [9.17, 15) is 4.79 Å². The highest BCUT2D eigenvalue weighted by Crippen LogP contribution is 2.18. The van der Waals surface area contributed by atoms with E-state index in [-0.39, 0.29) is 22.3 Å². The third-order valence-corrected chi connectivity index (χ3v) is 2.69. The summed E-state index contributed by atoms with van der Waals surface area (Å²) >= 11 is 5.73. The Bertz CT molecular complexity index is 581. The van der Waals surface area contributed by atoms with Crippen molar-refractivity contribution in [3.8, 4) is 0 Å². The summed E-state index contributed by atoms with van der Waals surface area (Å²) < 4.78 is 0. The van der Waals surface area contributed by atoms with Gasteiger partial charge in [0.25, 0.3) is 5.91 Å². The molecule has 0 aliphatic carbocycles. The van der Waals surface area contributed by atoms with Crippen LogP contribution in [0.1, 0.15) is 22.8 Å². The molecule has 0 saturated heterocycles. The number of aryl methyl sites for hydroxylation is 1. The number of aromatic nitrogens is 3. The largest absolute Gasteiger partial charge is 0.397 e.